The highest BCUT2D eigenvalue weighted by atomic mass is 35.5. The maximum absolute atomic E-state index is 12.6. The molecule has 1 unspecified atom stereocenters. The molecule has 128 valence electrons. The monoisotopic (exact) mass is 339 g/mol. The third-order valence-electron chi connectivity index (χ3n) is 4.02. The molecule has 0 aromatic heterocycles. The molecule has 2 amide bonds. The van der Waals surface area contributed by atoms with Gasteiger partial charge < -0.3 is 15.5 Å². The number of hydrogen-bond acceptors (Lipinski definition) is 3. The molecule has 1 aliphatic rings. The van der Waals surface area contributed by atoms with Crippen molar-refractivity contribution in [2.75, 3.05) is 26.7 Å². The Morgan fingerprint density at radius 1 is 1.30 bits per heavy atom. The summed E-state index contributed by atoms with van der Waals surface area (Å²) in [7, 11) is 1.93. The van der Waals surface area contributed by atoms with Crippen LogP contribution in [0, 0.1) is 0 Å². The van der Waals surface area contributed by atoms with Crippen molar-refractivity contribution in [2.24, 2.45) is 0 Å². The number of likely N-dealkylation sites (tertiary alicyclic amines) is 1. The van der Waals surface area contributed by atoms with Gasteiger partial charge in [0.1, 0.15) is 0 Å². The number of amides is 2. The van der Waals surface area contributed by atoms with E-state index in [1.807, 2.05) is 18.9 Å². The van der Waals surface area contributed by atoms with E-state index in [2.05, 4.69) is 10.6 Å². The number of carbonyl (C=O) groups excluding carboxylic acids is 2. The van der Waals surface area contributed by atoms with E-state index in [9.17, 15) is 9.59 Å². The fraction of sp³-hybridized carbons (Fsp3) is 0.529. The van der Waals surface area contributed by atoms with Crippen LogP contribution in [0.1, 0.15) is 46.9 Å². The third-order valence-corrected chi connectivity index (χ3v) is 4.02. The van der Waals surface area contributed by atoms with E-state index < -0.39 is 0 Å². The first-order valence-corrected chi connectivity index (χ1v) is 8.00. The summed E-state index contributed by atoms with van der Waals surface area (Å²) in [5.41, 5.74) is 1.13. The molecule has 5 nitrogen and oxygen atoms in total. The van der Waals surface area contributed by atoms with Crippen LogP contribution in [0.2, 0.25) is 0 Å². The van der Waals surface area contributed by atoms with Crippen LogP contribution in [0.15, 0.2) is 24.3 Å². The molecular formula is C17H26ClN3O2. The van der Waals surface area contributed by atoms with Gasteiger partial charge in [0, 0.05) is 36.8 Å². The van der Waals surface area contributed by atoms with Gasteiger partial charge in [-0.3, -0.25) is 9.59 Å². The highest BCUT2D eigenvalue weighted by Gasteiger charge is 2.23. The predicted molar refractivity (Wildman–Crippen MR) is 94.3 cm³/mol. The van der Waals surface area contributed by atoms with Gasteiger partial charge in [-0.1, -0.05) is 13.0 Å². The Morgan fingerprint density at radius 2 is 2.04 bits per heavy atom. The van der Waals surface area contributed by atoms with Gasteiger partial charge in [0.05, 0.1) is 0 Å². The lowest BCUT2D eigenvalue weighted by molar-refractivity contribution is 0.0698. The smallest absolute Gasteiger partial charge is 0.253 e. The summed E-state index contributed by atoms with van der Waals surface area (Å²) in [5.74, 6) is -0.117. The Kier molecular flexibility index (Phi) is 8.06. The molecule has 0 saturated carbocycles. The van der Waals surface area contributed by atoms with Crippen LogP contribution in [-0.4, -0.2) is 49.4 Å². The van der Waals surface area contributed by atoms with Crippen LogP contribution in [0.5, 0.6) is 0 Å². The quantitative estimate of drug-likeness (QED) is 0.863. The highest BCUT2D eigenvalue weighted by Crippen LogP contribution is 2.15. The van der Waals surface area contributed by atoms with Crippen molar-refractivity contribution < 1.29 is 9.59 Å². The van der Waals surface area contributed by atoms with E-state index in [-0.39, 0.29) is 24.2 Å². The van der Waals surface area contributed by atoms with Gasteiger partial charge in [0.2, 0.25) is 0 Å². The fourth-order valence-corrected chi connectivity index (χ4v) is 2.71. The zero-order valence-electron chi connectivity index (χ0n) is 13.8. The van der Waals surface area contributed by atoms with E-state index in [0.29, 0.717) is 23.7 Å². The largest absolute Gasteiger partial charge is 0.352 e. The molecule has 6 heteroatoms. The van der Waals surface area contributed by atoms with Gasteiger partial charge in [-0.15, -0.1) is 12.4 Å². The zero-order chi connectivity index (χ0) is 15.9. The van der Waals surface area contributed by atoms with Gasteiger partial charge >= 0.3 is 0 Å². The van der Waals surface area contributed by atoms with E-state index in [0.717, 1.165) is 32.4 Å². The number of carbonyl (C=O) groups is 2. The van der Waals surface area contributed by atoms with Crippen molar-refractivity contribution in [2.45, 2.75) is 32.2 Å². The number of nitrogens with one attached hydrogen (secondary N) is 2. The number of benzene rings is 1. The van der Waals surface area contributed by atoms with Crippen molar-refractivity contribution in [1.29, 1.82) is 0 Å². The average Bonchev–Trinajstić information content (AvgIpc) is 2.59. The summed E-state index contributed by atoms with van der Waals surface area (Å²) in [4.78, 5) is 26.5. The molecule has 1 fully saturated rings. The number of nitrogens with zero attached hydrogens (tertiary/aromatic N) is 1. The molecule has 23 heavy (non-hydrogen) atoms. The summed E-state index contributed by atoms with van der Waals surface area (Å²) >= 11 is 0. The highest BCUT2D eigenvalue weighted by molar-refractivity contribution is 5.99. The minimum atomic E-state index is -0.122. The number of halogens is 1. The first kappa shape index (κ1) is 19.5. The predicted octanol–water partition coefficient (Wildman–Crippen LogP) is 2.07. The lowest BCUT2D eigenvalue weighted by Crippen LogP contribution is -2.47. The number of likely N-dealkylation sites (N-methyl/N-ethyl adjacent to an activating group) is 1. The molecule has 1 aromatic carbocycles. The summed E-state index contributed by atoms with van der Waals surface area (Å²) in [6.07, 6.45) is 3.00. The molecule has 1 atom stereocenters. The number of hydrogen-bond donors (Lipinski definition) is 2. The normalized spacial score (nSPS) is 17.3. The van der Waals surface area contributed by atoms with E-state index in [1.54, 1.807) is 24.3 Å². The first-order chi connectivity index (χ1) is 10.7. The Bertz CT molecular complexity index is 536. The summed E-state index contributed by atoms with van der Waals surface area (Å²) in [6.45, 7) is 4.16. The molecule has 2 N–H and O–H groups in total. The van der Waals surface area contributed by atoms with Crippen LogP contribution in [0.3, 0.4) is 0 Å². The van der Waals surface area contributed by atoms with Crippen molar-refractivity contribution in [1.82, 2.24) is 15.5 Å². The van der Waals surface area contributed by atoms with Gasteiger partial charge in [0.15, 0.2) is 0 Å². The first-order valence-electron chi connectivity index (χ1n) is 8.00. The summed E-state index contributed by atoms with van der Waals surface area (Å²) in [6, 6.07) is 7.34. The average molecular weight is 340 g/mol. The Morgan fingerprint density at radius 3 is 2.74 bits per heavy atom. The standard InChI is InChI=1S/C17H25N3O2.ClH/c1-3-9-19-16(21)13-6-4-7-14(11-13)17(22)20-10-5-8-15(12-20)18-2;/h4,6-7,11,15,18H,3,5,8-10,12H2,1-2H3,(H,19,21);1H. The fourth-order valence-electron chi connectivity index (χ4n) is 2.71. The maximum atomic E-state index is 12.6. The molecule has 1 aromatic rings. The molecular weight excluding hydrogens is 314 g/mol. The molecule has 1 heterocycles. The van der Waals surface area contributed by atoms with Crippen molar-refractivity contribution in [3.8, 4) is 0 Å². The number of piperidine rings is 1. The lowest BCUT2D eigenvalue weighted by atomic mass is 10.0. The molecule has 1 saturated heterocycles. The van der Waals surface area contributed by atoms with Crippen LogP contribution in [0.25, 0.3) is 0 Å². The summed E-state index contributed by atoms with van der Waals surface area (Å²) in [5, 5.41) is 6.07. The Labute approximate surface area is 144 Å². The second kappa shape index (κ2) is 9.53. The number of rotatable bonds is 5. The van der Waals surface area contributed by atoms with Crippen LogP contribution >= 0.6 is 12.4 Å². The van der Waals surface area contributed by atoms with Crippen LogP contribution in [0.4, 0.5) is 0 Å². The van der Waals surface area contributed by atoms with E-state index >= 15 is 0 Å². The maximum Gasteiger partial charge on any atom is 0.253 e. The topological polar surface area (TPSA) is 61.4 Å². The molecule has 0 radical (unpaired) electrons. The minimum Gasteiger partial charge on any atom is -0.352 e. The van der Waals surface area contributed by atoms with Gasteiger partial charge in [-0.2, -0.15) is 0 Å². The van der Waals surface area contributed by atoms with Crippen LogP contribution in [-0.2, 0) is 0 Å². The second-order valence-electron chi connectivity index (χ2n) is 5.72. The zero-order valence-corrected chi connectivity index (χ0v) is 14.6. The van der Waals surface area contributed by atoms with E-state index in [4.69, 9.17) is 0 Å². The van der Waals surface area contributed by atoms with Gasteiger partial charge in [-0.25, -0.2) is 0 Å². The molecule has 0 aliphatic carbocycles. The van der Waals surface area contributed by atoms with Crippen LogP contribution < -0.4 is 10.6 Å². The molecule has 0 bridgehead atoms. The molecule has 2 rings (SSSR count). The van der Waals surface area contributed by atoms with Gasteiger partial charge in [-0.05, 0) is 44.5 Å². The van der Waals surface area contributed by atoms with E-state index in [1.165, 1.54) is 0 Å². The summed E-state index contributed by atoms with van der Waals surface area (Å²) < 4.78 is 0. The molecule has 1 aliphatic heterocycles. The van der Waals surface area contributed by atoms with Gasteiger partial charge in [0.25, 0.3) is 11.8 Å². The second-order valence-corrected chi connectivity index (χ2v) is 5.72. The third kappa shape index (κ3) is 5.22. The minimum absolute atomic E-state index is 0. The van der Waals surface area contributed by atoms with Crippen molar-refractivity contribution in [3.05, 3.63) is 35.4 Å². The Balaban J connectivity index is 0.00000264. The SMILES string of the molecule is CCCNC(=O)c1cccc(C(=O)N2CCCC(NC)C2)c1.Cl. The lowest BCUT2D eigenvalue weighted by Gasteiger charge is -2.32. The molecule has 0 spiro atoms. The Hall–Kier alpha value is -1.59. The van der Waals surface area contributed by atoms with Crippen molar-refractivity contribution in [3.63, 3.8) is 0 Å². The van der Waals surface area contributed by atoms with Crippen molar-refractivity contribution >= 4 is 24.2 Å².